The summed E-state index contributed by atoms with van der Waals surface area (Å²) in [7, 11) is 0. The van der Waals surface area contributed by atoms with E-state index in [1.54, 1.807) is 0 Å². The van der Waals surface area contributed by atoms with E-state index in [0.29, 0.717) is 19.1 Å². The largest absolute Gasteiger partial charge is 0.399 e. The molecule has 2 N–H and O–H groups in total. The van der Waals surface area contributed by atoms with Gasteiger partial charge in [-0.3, -0.25) is 4.79 Å². The topological polar surface area (TPSA) is 55.6 Å². The number of rotatable bonds is 3. The van der Waals surface area contributed by atoms with Crippen molar-refractivity contribution in [3.8, 4) is 0 Å². The molecule has 1 aliphatic heterocycles. The van der Waals surface area contributed by atoms with Crippen LogP contribution in [0.15, 0.2) is 24.3 Å². The molecule has 4 heteroatoms. The summed E-state index contributed by atoms with van der Waals surface area (Å²) in [6, 6.07) is 8.12. The minimum Gasteiger partial charge on any atom is -0.399 e. The van der Waals surface area contributed by atoms with Crippen LogP contribution in [-0.4, -0.2) is 36.1 Å². The third kappa shape index (κ3) is 3.38. The lowest BCUT2D eigenvalue weighted by molar-refractivity contribution is -0.149. The van der Waals surface area contributed by atoms with Crippen molar-refractivity contribution in [3.05, 3.63) is 29.8 Å². The average molecular weight is 288 g/mol. The fraction of sp³-hybridized carbons (Fsp3) is 0.588. The lowest BCUT2D eigenvalue weighted by Gasteiger charge is -2.43. The fourth-order valence-electron chi connectivity index (χ4n) is 3.55. The van der Waals surface area contributed by atoms with Gasteiger partial charge in [-0.05, 0) is 37.0 Å². The number of hydrogen-bond acceptors (Lipinski definition) is 3. The zero-order chi connectivity index (χ0) is 14.7. The predicted octanol–water partition coefficient (Wildman–Crippen LogP) is 2.37. The summed E-state index contributed by atoms with van der Waals surface area (Å²) in [4.78, 5) is 14.6. The van der Waals surface area contributed by atoms with Crippen molar-refractivity contribution in [1.82, 2.24) is 4.90 Å². The molecule has 1 aliphatic carbocycles. The number of nitrogen functional groups attached to an aromatic ring is 1. The van der Waals surface area contributed by atoms with Crippen LogP contribution in [0.25, 0.3) is 0 Å². The number of anilines is 1. The van der Waals surface area contributed by atoms with Crippen LogP contribution < -0.4 is 5.73 Å². The number of benzene rings is 1. The maximum absolute atomic E-state index is 12.6. The van der Waals surface area contributed by atoms with E-state index in [9.17, 15) is 4.79 Å². The van der Waals surface area contributed by atoms with Crippen molar-refractivity contribution in [2.75, 3.05) is 18.9 Å². The van der Waals surface area contributed by atoms with Gasteiger partial charge in [0, 0.05) is 18.7 Å². The predicted molar refractivity (Wildman–Crippen MR) is 82.9 cm³/mol. The van der Waals surface area contributed by atoms with E-state index in [4.69, 9.17) is 10.5 Å². The van der Waals surface area contributed by atoms with Crippen molar-refractivity contribution in [2.45, 2.75) is 50.7 Å². The van der Waals surface area contributed by atoms with E-state index >= 15 is 0 Å². The molecule has 2 aliphatic rings. The Morgan fingerprint density at radius 3 is 3.05 bits per heavy atom. The molecule has 1 saturated carbocycles. The van der Waals surface area contributed by atoms with Gasteiger partial charge in [-0.25, -0.2) is 0 Å². The summed E-state index contributed by atoms with van der Waals surface area (Å²) in [5, 5.41) is 0. The molecule has 4 nitrogen and oxygen atoms in total. The van der Waals surface area contributed by atoms with Gasteiger partial charge in [0.05, 0.1) is 18.8 Å². The maximum atomic E-state index is 12.6. The quantitative estimate of drug-likeness (QED) is 0.869. The summed E-state index contributed by atoms with van der Waals surface area (Å²) in [5.74, 6) is 0.262. The number of nitrogens with zero attached hydrogens (tertiary/aromatic N) is 1. The molecule has 1 aromatic carbocycles. The standard InChI is InChI=1S/C17H24N2O2/c18-14-5-3-4-13(12-14)8-9-17(20)19-10-11-21-16-7-2-1-6-15(16)19/h3-5,12,15-16H,1-2,6-11,18H2. The monoisotopic (exact) mass is 288 g/mol. The van der Waals surface area contributed by atoms with E-state index in [1.165, 1.54) is 12.8 Å². The Hall–Kier alpha value is -1.55. The number of fused-ring (bicyclic) bond motifs is 1. The molecule has 1 amide bonds. The molecule has 1 aromatic rings. The molecule has 0 spiro atoms. The molecule has 0 bridgehead atoms. The first kappa shape index (κ1) is 14.4. The number of carbonyl (C=O) groups is 1. The molecule has 3 rings (SSSR count). The molecular weight excluding hydrogens is 264 g/mol. The van der Waals surface area contributed by atoms with Gasteiger partial charge in [0.25, 0.3) is 0 Å². The highest BCUT2D eigenvalue weighted by atomic mass is 16.5. The fourth-order valence-corrected chi connectivity index (χ4v) is 3.55. The number of amides is 1. The van der Waals surface area contributed by atoms with Crippen LogP contribution in [0.1, 0.15) is 37.7 Å². The molecule has 2 atom stereocenters. The second-order valence-electron chi connectivity index (χ2n) is 6.09. The molecule has 1 heterocycles. The minimum atomic E-state index is 0.262. The third-order valence-electron chi connectivity index (χ3n) is 4.63. The molecule has 2 unspecified atom stereocenters. The second-order valence-corrected chi connectivity index (χ2v) is 6.09. The van der Waals surface area contributed by atoms with E-state index < -0.39 is 0 Å². The number of hydrogen-bond donors (Lipinski definition) is 1. The SMILES string of the molecule is Nc1cccc(CCC(=O)N2CCOC3CCCCC32)c1. The summed E-state index contributed by atoms with van der Waals surface area (Å²) in [5.41, 5.74) is 7.68. The molecule has 114 valence electrons. The zero-order valence-corrected chi connectivity index (χ0v) is 12.5. The Labute approximate surface area is 126 Å². The number of ether oxygens (including phenoxy) is 1. The van der Waals surface area contributed by atoms with Crippen LogP contribution in [0.4, 0.5) is 5.69 Å². The van der Waals surface area contributed by atoms with Gasteiger partial charge in [-0.2, -0.15) is 0 Å². The first-order valence-electron chi connectivity index (χ1n) is 7.99. The number of nitrogens with two attached hydrogens (primary N) is 1. The first-order chi connectivity index (χ1) is 10.2. The smallest absolute Gasteiger partial charge is 0.223 e. The highest BCUT2D eigenvalue weighted by molar-refractivity contribution is 5.77. The van der Waals surface area contributed by atoms with E-state index in [-0.39, 0.29) is 12.0 Å². The van der Waals surface area contributed by atoms with Gasteiger partial charge in [0.1, 0.15) is 0 Å². The van der Waals surface area contributed by atoms with Crippen LogP contribution in [0.2, 0.25) is 0 Å². The van der Waals surface area contributed by atoms with Gasteiger partial charge < -0.3 is 15.4 Å². The van der Waals surface area contributed by atoms with Gasteiger partial charge >= 0.3 is 0 Å². The van der Waals surface area contributed by atoms with Crippen LogP contribution in [0.3, 0.4) is 0 Å². The van der Waals surface area contributed by atoms with Crippen molar-refractivity contribution in [2.24, 2.45) is 0 Å². The highest BCUT2D eigenvalue weighted by Gasteiger charge is 2.36. The summed E-state index contributed by atoms with van der Waals surface area (Å²) in [6.45, 7) is 1.43. The van der Waals surface area contributed by atoms with Crippen molar-refractivity contribution in [3.63, 3.8) is 0 Å². The normalized spacial score (nSPS) is 25.4. The van der Waals surface area contributed by atoms with Crippen molar-refractivity contribution >= 4 is 11.6 Å². The Bertz CT molecular complexity index is 501. The van der Waals surface area contributed by atoms with Gasteiger partial charge in [-0.15, -0.1) is 0 Å². The third-order valence-corrected chi connectivity index (χ3v) is 4.63. The molecule has 1 saturated heterocycles. The number of aryl methyl sites for hydroxylation is 1. The molecule has 21 heavy (non-hydrogen) atoms. The summed E-state index contributed by atoms with van der Waals surface area (Å²) in [6.07, 6.45) is 6.23. The maximum Gasteiger partial charge on any atom is 0.223 e. The Morgan fingerprint density at radius 1 is 1.33 bits per heavy atom. The second kappa shape index (κ2) is 6.48. The van der Waals surface area contributed by atoms with Crippen molar-refractivity contribution < 1.29 is 9.53 Å². The Kier molecular flexibility index (Phi) is 4.44. The van der Waals surface area contributed by atoms with Crippen LogP contribution in [-0.2, 0) is 16.0 Å². The highest BCUT2D eigenvalue weighted by Crippen LogP contribution is 2.29. The molecule has 2 fully saturated rings. The lowest BCUT2D eigenvalue weighted by Crippen LogP contribution is -2.54. The minimum absolute atomic E-state index is 0.262. The lowest BCUT2D eigenvalue weighted by atomic mass is 9.90. The average Bonchev–Trinajstić information content (AvgIpc) is 2.52. The first-order valence-corrected chi connectivity index (χ1v) is 7.99. The van der Waals surface area contributed by atoms with Gasteiger partial charge in [0.15, 0.2) is 0 Å². The van der Waals surface area contributed by atoms with E-state index in [0.717, 1.165) is 37.1 Å². The number of morpholine rings is 1. The zero-order valence-electron chi connectivity index (χ0n) is 12.5. The van der Waals surface area contributed by atoms with Gasteiger partial charge in [-0.1, -0.05) is 25.0 Å². The van der Waals surface area contributed by atoms with E-state index in [1.807, 2.05) is 24.3 Å². The van der Waals surface area contributed by atoms with Crippen LogP contribution >= 0.6 is 0 Å². The molecule has 0 aromatic heterocycles. The van der Waals surface area contributed by atoms with Crippen molar-refractivity contribution in [1.29, 1.82) is 0 Å². The Balaban J connectivity index is 1.59. The summed E-state index contributed by atoms with van der Waals surface area (Å²) >= 11 is 0. The van der Waals surface area contributed by atoms with Crippen LogP contribution in [0.5, 0.6) is 0 Å². The van der Waals surface area contributed by atoms with Gasteiger partial charge in [0.2, 0.25) is 5.91 Å². The summed E-state index contributed by atoms with van der Waals surface area (Å²) < 4.78 is 5.83. The van der Waals surface area contributed by atoms with Crippen LogP contribution in [0, 0.1) is 0 Å². The van der Waals surface area contributed by atoms with E-state index in [2.05, 4.69) is 4.90 Å². The molecular formula is C17H24N2O2. The molecule has 0 radical (unpaired) electrons. The Morgan fingerprint density at radius 2 is 2.19 bits per heavy atom. The number of carbonyl (C=O) groups excluding carboxylic acids is 1.